The topological polar surface area (TPSA) is 92.2 Å². The molecule has 4 rings (SSSR count). The summed E-state index contributed by atoms with van der Waals surface area (Å²) in [6.07, 6.45) is 0.860. The van der Waals surface area contributed by atoms with E-state index in [-0.39, 0.29) is 10.7 Å². The molecular formula is C25H19BrCl2N4O3. The standard InChI is InChI=1S/C25H19BrCl2N4O3/c1-2-14-3-6-17(7-4-14)29-24(34)25(35)31-32-21-10-5-16(26)11-15(21)12-22(32)23(33)30-18-8-9-19(27)20(28)13-18/h3-13H,2H2,1H3,(H,29,34)(H,30,33)(H,31,35). The molecule has 0 radical (unpaired) electrons. The van der Waals surface area contributed by atoms with E-state index in [1.165, 1.54) is 10.7 Å². The zero-order valence-electron chi connectivity index (χ0n) is 18.4. The number of hydrogen-bond acceptors (Lipinski definition) is 3. The highest BCUT2D eigenvalue weighted by Gasteiger charge is 2.21. The Kier molecular flexibility index (Phi) is 7.45. The molecule has 0 bridgehead atoms. The molecule has 10 heteroatoms. The van der Waals surface area contributed by atoms with E-state index in [1.807, 2.05) is 19.1 Å². The van der Waals surface area contributed by atoms with Crippen molar-refractivity contribution in [2.24, 2.45) is 0 Å². The van der Waals surface area contributed by atoms with Gasteiger partial charge < -0.3 is 10.6 Å². The van der Waals surface area contributed by atoms with E-state index in [2.05, 4.69) is 32.0 Å². The normalized spacial score (nSPS) is 10.7. The monoisotopic (exact) mass is 572 g/mol. The highest BCUT2D eigenvalue weighted by atomic mass is 79.9. The van der Waals surface area contributed by atoms with Crippen molar-refractivity contribution in [3.8, 4) is 0 Å². The molecule has 4 aromatic rings. The first kappa shape index (κ1) is 24.8. The molecule has 7 nitrogen and oxygen atoms in total. The van der Waals surface area contributed by atoms with Gasteiger partial charge in [-0.1, -0.05) is 58.2 Å². The lowest BCUT2D eigenvalue weighted by Crippen LogP contribution is -2.36. The Labute approximate surface area is 219 Å². The van der Waals surface area contributed by atoms with Gasteiger partial charge in [-0.15, -0.1) is 0 Å². The zero-order valence-corrected chi connectivity index (χ0v) is 21.5. The van der Waals surface area contributed by atoms with Crippen molar-refractivity contribution in [3.05, 3.63) is 92.5 Å². The molecule has 0 aliphatic heterocycles. The lowest BCUT2D eigenvalue weighted by Gasteiger charge is -2.13. The predicted octanol–water partition coefficient (Wildman–Crippen LogP) is 6.23. The summed E-state index contributed by atoms with van der Waals surface area (Å²) in [5, 5.41) is 6.60. The van der Waals surface area contributed by atoms with Gasteiger partial charge in [0.25, 0.3) is 5.91 Å². The summed E-state index contributed by atoms with van der Waals surface area (Å²) in [4.78, 5) is 38.4. The number of anilines is 2. The minimum atomic E-state index is -0.937. The number of benzene rings is 3. The number of fused-ring (bicyclic) bond motifs is 1. The van der Waals surface area contributed by atoms with Gasteiger partial charge in [0.2, 0.25) is 0 Å². The van der Waals surface area contributed by atoms with Crippen LogP contribution in [0.15, 0.2) is 71.2 Å². The maximum absolute atomic E-state index is 13.1. The van der Waals surface area contributed by atoms with Crippen LogP contribution in [0, 0.1) is 0 Å². The largest absolute Gasteiger partial charge is 0.328 e. The van der Waals surface area contributed by atoms with Crippen molar-refractivity contribution in [1.82, 2.24) is 4.68 Å². The lowest BCUT2D eigenvalue weighted by atomic mass is 10.1. The van der Waals surface area contributed by atoms with Crippen LogP contribution in [0.5, 0.6) is 0 Å². The highest BCUT2D eigenvalue weighted by Crippen LogP contribution is 2.27. The van der Waals surface area contributed by atoms with Crippen LogP contribution in [0.2, 0.25) is 10.0 Å². The minimum absolute atomic E-state index is 0.109. The van der Waals surface area contributed by atoms with Crippen LogP contribution in [0.25, 0.3) is 10.9 Å². The van der Waals surface area contributed by atoms with E-state index in [9.17, 15) is 14.4 Å². The SMILES string of the molecule is CCc1ccc(NC(=O)C(=O)Nn2c(C(=O)Nc3ccc(Cl)c(Cl)c3)cc3cc(Br)ccc32)cc1. The number of nitrogens with one attached hydrogen (secondary N) is 3. The van der Waals surface area contributed by atoms with Crippen LogP contribution in [-0.4, -0.2) is 22.4 Å². The third-order valence-corrected chi connectivity index (χ3v) is 6.45. The van der Waals surface area contributed by atoms with E-state index in [4.69, 9.17) is 23.2 Å². The summed E-state index contributed by atoms with van der Waals surface area (Å²) < 4.78 is 2.06. The fourth-order valence-electron chi connectivity index (χ4n) is 3.41. The second-order valence-electron chi connectivity index (χ2n) is 7.60. The number of nitrogens with zero attached hydrogens (tertiary/aromatic N) is 1. The Morgan fingerprint density at radius 2 is 1.54 bits per heavy atom. The molecule has 3 aromatic carbocycles. The van der Waals surface area contributed by atoms with Crippen LogP contribution in [0.1, 0.15) is 23.0 Å². The average Bonchev–Trinajstić information content (AvgIpc) is 3.19. The van der Waals surface area contributed by atoms with Gasteiger partial charge in [0.15, 0.2) is 0 Å². The van der Waals surface area contributed by atoms with Crippen LogP contribution in [0.3, 0.4) is 0 Å². The van der Waals surface area contributed by atoms with Crippen LogP contribution < -0.4 is 16.1 Å². The van der Waals surface area contributed by atoms with E-state index in [0.29, 0.717) is 27.3 Å². The Bertz CT molecular complexity index is 1450. The van der Waals surface area contributed by atoms with E-state index >= 15 is 0 Å². The first-order valence-corrected chi connectivity index (χ1v) is 12.1. The number of carbonyl (C=O) groups is 3. The predicted molar refractivity (Wildman–Crippen MR) is 143 cm³/mol. The second-order valence-corrected chi connectivity index (χ2v) is 9.33. The van der Waals surface area contributed by atoms with Crippen molar-refractivity contribution >= 4 is 79.1 Å². The third-order valence-electron chi connectivity index (χ3n) is 5.21. The number of amides is 3. The minimum Gasteiger partial charge on any atom is -0.321 e. The molecule has 0 aliphatic carbocycles. The molecule has 178 valence electrons. The van der Waals surface area contributed by atoms with Gasteiger partial charge >= 0.3 is 11.8 Å². The van der Waals surface area contributed by atoms with Crippen LogP contribution in [-0.2, 0) is 16.0 Å². The average molecular weight is 574 g/mol. The van der Waals surface area contributed by atoms with E-state index < -0.39 is 17.7 Å². The summed E-state index contributed by atoms with van der Waals surface area (Å²) in [5.41, 5.74) is 5.17. The van der Waals surface area contributed by atoms with Gasteiger partial charge in [0.1, 0.15) is 5.69 Å². The number of aryl methyl sites for hydroxylation is 1. The zero-order chi connectivity index (χ0) is 25.1. The quantitative estimate of drug-likeness (QED) is 0.247. The number of carbonyl (C=O) groups excluding carboxylic acids is 3. The molecule has 0 atom stereocenters. The van der Waals surface area contributed by atoms with Crippen molar-refractivity contribution in [2.45, 2.75) is 13.3 Å². The van der Waals surface area contributed by atoms with E-state index in [1.54, 1.807) is 48.5 Å². The van der Waals surface area contributed by atoms with Gasteiger partial charge in [-0.3, -0.25) is 19.8 Å². The first-order valence-electron chi connectivity index (χ1n) is 10.5. The molecule has 0 fully saturated rings. The van der Waals surface area contributed by atoms with Crippen molar-refractivity contribution in [3.63, 3.8) is 0 Å². The fraction of sp³-hybridized carbons (Fsp3) is 0.0800. The Hall–Kier alpha value is -3.33. The van der Waals surface area contributed by atoms with Crippen molar-refractivity contribution in [2.75, 3.05) is 16.1 Å². The van der Waals surface area contributed by atoms with Gasteiger partial charge in [-0.2, -0.15) is 0 Å². The van der Waals surface area contributed by atoms with Crippen molar-refractivity contribution in [1.29, 1.82) is 0 Å². The van der Waals surface area contributed by atoms with Crippen LogP contribution in [0.4, 0.5) is 11.4 Å². The number of hydrogen-bond donors (Lipinski definition) is 3. The van der Waals surface area contributed by atoms with E-state index in [0.717, 1.165) is 16.5 Å². The highest BCUT2D eigenvalue weighted by molar-refractivity contribution is 9.10. The number of halogens is 3. The Morgan fingerprint density at radius 3 is 2.23 bits per heavy atom. The third kappa shape index (κ3) is 5.67. The summed E-state index contributed by atoms with van der Waals surface area (Å²) in [6.45, 7) is 2.02. The second kappa shape index (κ2) is 10.5. The number of rotatable bonds is 5. The molecule has 0 spiro atoms. The summed E-state index contributed by atoms with van der Waals surface area (Å²) in [7, 11) is 0. The molecule has 3 N–H and O–H groups in total. The molecular weight excluding hydrogens is 555 g/mol. The first-order chi connectivity index (χ1) is 16.7. The number of aromatic nitrogens is 1. The van der Waals surface area contributed by atoms with Gasteiger partial charge in [-0.25, -0.2) is 4.68 Å². The summed E-state index contributed by atoms with van der Waals surface area (Å²) in [6, 6.07) is 18.8. The Morgan fingerprint density at radius 1 is 0.829 bits per heavy atom. The lowest BCUT2D eigenvalue weighted by molar-refractivity contribution is -0.133. The molecule has 35 heavy (non-hydrogen) atoms. The molecule has 3 amide bonds. The van der Waals surface area contributed by atoms with Gasteiger partial charge in [0.05, 0.1) is 15.6 Å². The maximum Gasteiger partial charge on any atom is 0.328 e. The smallest absolute Gasteiger partial charge is 0.321 e. The van der Waals surface area contributed by atoms with Gasteiger partial charge in [0, 0.05) is 21.2 Å². The molecule has 1 aromatic heterocycles. The maximum atomic E-state index is 13.1. The van der Waals surface area contributed by atoms with Crippen molar-refractivity contribution < 1.29 is 14.4 Å². The summed E-state index contributed by atoms with van der Waals surface area (Å²) >= 11 is 15.4. The summed E-state index contributed by atoms with van der Waals surface area (Å²) in [5.74, 6) is -2.33. The Balaban J connectivity index is 1.60. The van der Waals surface area contributed by atoms with Gasteiger partial charge in [-0.05, 0) is 66.6 Å². The molecule has 0 unspecified atom stereocenters. The molecule has 0 saturated heterocycles. The molecule has 1 heterocycles. The fourth-order valence-corrected chi connectivity index (χ4v) is 4.08. The molecule has 0 aliphatic rings. The molecule has 0 saturated carbocycles. The van der Waals surface area contributed by atoms with Crippen LogP contribution >= 0.6 is 39.1 Å².